The Hall–Kier alpha value is -1.51. The van der Waals surface area contributed by atoms with E-state index in [1.807, 2.05) is 12.1 Å². The van der Waals surface area contributed by atoms with Gasteiger partial charge in [0.15, 0.2) is 0 Å². The molecule has 1 saturated carbocycles. The highest BCUT2D eigenvalue weighted by Crippen LogP contribution is 2.41. The Morgan fingerprint density at radius 3 is 2.61 bits per heavy atom. The predicted molar refractivity (Wildman–Crippen MR) is 70.9 cm³/mol. The van der Waals surface area contributed by atoms with Crippen LogP contribution in [0.15, 0.2) is 24.3 Å². The first kappa shape index (κ1) is 11.6. The average Bonchev–Trinajstić information content (AvgIpc) is 2.88. The highest BCUT2D eigenvalue weighted by Gasteiger charge is 2.47. The zero-order valence-corrected chi connectivity index (χ0v) is 10.6. The van der Waals surface area contributed by atoms with E-state index < -0.39 is 11.5 Å². The van der Waals surface area contributed by atoms with Crippen LogP contribution >= 0.6 is 0 Å². The lowest BCUT2D eigenvalue weighted by atomic mass is 9.90. The molecule has 3 heteroatoms. The second-order valence-corrected chi connectivity index (χ2v) is 5.43. The smallest absolute Gasteiger partial charge is 0.329 e. The lowest BCUT2D eigenvalue weighted by molar-refractivity contribution is -0.143. The van der Waals surface area contributed by atoms with Crippen LogP contribution in [0.1, 0.15) is 37.7 Å². The summed E-state index contributed by atoms with van der Waals surface area (Å²) in [4.78, 5) is 14.0. The first-order valence-corrected chi connectivity index (χ1v) is 6.83. The van der Waals surface area contributed by atoms with Gasteiger partial charge < -0.3 is 10.0 Å². The number of benzene rings is 1. The van der Waals surface area contributed by atoms with Gasteiger partial charge >= 0.3 is 5.97 Å². The number of carboxylic acids is 1. The second kappa shape index (κ2) is 4.30. The van der Waals surface area contributed by atoms with Gasteiger partial charge in [0.05, 0.1) is 0 Å². The number of hydrogen-bond acceptors (Lipinski definition) is 2. The first-order chi connectivity index (χ1) is 8.74. The summed E-state index contributed by atoms with van der Waals surface area (Å²) in [5, 5.41) is 9.70. The number of fused-ring (bicyclic) bond motifs is 1. The van der Waals surface area contributed by atoms with Crippen molar-refractivity contribution in [2.75, 3.05) is 11.4 Å². The van der Waals surface area contributed by atoms with E-state index in [1.54, 1.807) is 0 Å². The van der Waals surface area contributed by atoms with E-state index in [0.717, 1.165) is 50.8 Å². The average molecular weight is 245 g/mol. The van der Waals surface area contributed by atoms with Crippen LogP contribution in [0.5, 0.6) is 0 Å². The molecule has 0 spiro atoms. The van der Waals surface area contributed by atoms with Crippen LogP contribution in [0.4, 0.5) is 5.69 Å². The normalized spacial score (nSPS) is 21.7. The molecule has 1 fully saturated rings. The zero-order valence-electron chi connectivity index (χ0n) is 10.6. The summed E-state index contributed by atoms with van der Waals surface area (Å²) < 4.78 is 0. The van der Waals surface area contributed by atoms with Crippen molar-refractivity contribution in [3.8, 4) is 0 Å². The zero-order chi connectivity index (χ0) is 12.6. The molecular weight excluding hydrogens is 226 g/mol. The molecular formula is C15H19NO2. The topological polar surface area (TPSA) is 40.5 Å². The molecule has 18 heavy (non-hydrogen) atoms. The maximum Gasteiger partial charge on any atom is 0.329 e. The molecule has 0 saturated heterocycles. The fourth-order valence-corrected chi connectivity index (χ4v) is 3.54. The quantitative estimate of drug-likeness (QED) is 0.871. The number of rotatable bonds is 2. The fraction of sp³-hybridized carbons (Fsp3) is 0.533. The Morgan fingerprint density at radius 2 is 1.89 bits per heavy atom. The lowest BCUT2D eigenvalue weighted by Gasteiger charge is -2.43. The molecule has 1 aromatic carbocycles. The molecule has 3 nitrogen and oxygen atoms in total. The Bertz CT molecular complexity index is 463. The number of anilines is 1. The first-order valence-electron chi connectivity index (χ1n) is 6.83. The molecule has 0 bridgehead atoms. The summed E-state index contributed by atoms with van der Waals surface area (Å²) in [5.41, 5.74) is 1.81. The standard InChI is InChI=1S/C15H19NO2/c17-14(18)15(9-3-4-10-15)16-11-5-7-12-6-1-2-8-13(12)16/h1-2,6,8H,3-5,7,9-11H2,(H,17,18). The van der Waals surface area contributed by atoms with Crippen molar-refractivity contribution in [3.63, 3.8) is 0 Å². The highest BCUT2D eigenvalue weighted by atomic mass is 16.4. The van der Waals surface area contributed by atoms with Gasteiger partial charge in [-0.25, -0.2) is 4.79 Å². The summed E-state index contributed by atoms with van der Waals surface area (Å²) in [6.07, 6.45) is 5.78. The van der Waals surface area contributed by atoms with Gasteiger partial charge in [-0.15, -0.1) is 0 Å². The number of hydrogen-bond donors (Lipinski definition) is 1. The van der Waals surface area contributed by atoms with Crippen LogP contribution in [-0.4, -0.2) is 23.2 Å². The monoisotopic (exact) mass is 245 g/mol. The molecule has 0 atom stereocenters. The third-order valence-electron chi connectivity index (χ3n) is 4.46. The molecule has 1 aliphatic heterocycles. The van der Waals surface area contributed by atoms with Crippen LogP contribution in [0, 0.1) is 0 Å². The Balaban J connectivity index is 2.04. The van der Waals surface area contributed by atoms with Crippen molar-refractivity contribution in [2.24, 2.45) is 0 Å². The molecule has 1 N–H and O–H groups in total. The molecule has 3 rings (SSSR count). The lowest BCUT2D eigenvalue weighted by Crippen LogP contribution is -2.54. The largest absolute Gasteiger partial charge is 0.479 e. The third-order valence-corrected chi connectivity index (χ3v) is 4.46. The van der Waals surface area contributed by atoms with Crippen LogP contribution < -0.4 is 4.90 Å². The number of para-hydroxylation sites is 1. The van der Waals surface area contributed by atoms with Crippen molar-refractivity contribution in [1.29, 1.82) is 0 Å². The molecule has 0 amide bonds. The van der Waals surface area contributed by atoms with Crippen LogP contribution in [0.3, 0.4) is 0 Å². The molecule has 0 aromatic heterocycles. The van der Waals surface area contributed by atoms with Crippen molar-refractivity contribution in [3.05, 3.63) is 29.8 Å². The number of carbonyl (C=O) groups is 1. The van der Waals surface area contributed by atoms with Gasteiger partial charge in [0.2, 0.25) is 0 Å². The molecule has 1 aliphatic carbocycles. The van der Waals surface area contributed by atoms with Crippen molar-refractivity contribution >= 4 is 11.7 Å². The Labute approximate surface area is 107 Å². The van der Waals surface area contributed by atoms with Crippen molar-refractivity contribution in [2.45, 2.75) is 44.1 Å². The van der Waals surface area contributed by atoms with Crippen LogP contribution in [0.2, 0.25) is 0 Å². The molecule has 0 radical (unpaired) electrons. The van der Waals surface area contributed by atoms with Crippen molar-refractivity contribution in [1.82, 2.24) is 0 Å². The van der Waals surface area contributed by atoms with Crippen LogP contribution in [-0.2, 0) is 11.2 Å². The minimum Gasteiger partial charge on any atom is -0.479 e. The van der Waals surface area contributed by atoms with Gasteiger partial charge in [0.25, 0.3) is 0 Å². The van der Waals surface area contributed by atoms with E-state index in [9.17, 15) is 9.90 Å². The number of aryl methyl sites for hydroxylation is 1. The van der Waals surface area contributed by atoms with Gasteiger partial charge in [0, 0.05) is 12.2 Å². The summed E-state index contributed by atoms with van der Waals surface area (Å²) in [6.45, 7) is 0.878. The summed E-state index contributed by atoms with van der Waals surface area (Å²) >= 11 is 0. The van der Waals surface area contributed by atoms with Gasteiger partial charge in [0.1, 0.15) is 5.54 Å². The van der Waals surface area contributed by atoms with Crippen LogP contribution in [0.25, 0.3) is 0 Å². The van der Waals surface area contributed by atoms with E-state index in [2.05, 4.69) is 17.0 Å². The van der Waals surface area contributed by atoms with Crippen molar-refractivity contribution < 1.29 is 9.90 Å². The number of nitrogens with zero attached hydrogens (tertiary/aromatic N) is 1. The van der Waals surface area contributed by atoms with Gasteiger partial charge in [-0.3, -0.25) is 0 Å². The predicted octanol–water partition coefficient (Wildman–Crippen LogP) is 2.84. The summed E-state index contributed by atoms with van der Waals surface area (Å²) in [7, 11) is 0. The molecule has 96 valence electrons. The Kier molecular flexibility index (Phi) is 2.77. The highest BCUT2D eigenvalue weighted by molar-refractivity contribution is 5.84. The van der Waals surface area contributed by atoms with E-state index in [-0.39, 0.29) is 0 Å². The maximum absolute atomic E-state index is 11.8. The SMILES string of the molecule is O=C(O)C1(N2CCCc3ccccc32)CCCC1. The minimum absolute atomic E-state index is 0.642. The summed E-state index contributed by atoms with van der Waals surface area (Å²) in [6, 6.07) is 8.27. The molecule has 2 aliphatic rings. The van der Waals surface area contributed by atoms with E-state index in [0.29, 0.717) is 0 Å². The van der Waals surface area contributed by atoms with E-state index >= 15 is 0 Å². The van der Waals surface area contributed by atoms with E-state index in [4.69, 9.17) is 0 Å². The van der Waals surface area contributed by atoms with Gasteiger partial charge in [-0.05, 0) is 37.3 Å². The molecule has 0 unspecified atom stereocenters. The van der Waals surface area contributed by atoms with E-state index in [1.165, 1.54) is 5.56 Å². The second-order valence-electron chi connectivity index (χ2n) is 5.43. The van der Waals surface area contributed by atoms with Gasteiger partial charge in [-0.1, -0.05) is 31.0 Å². The Morgan fingerprint density at radius 1 is 1.17 bits per heavy atom. The number of carboxylic acid groups (broad SMARTS) is 1. The van der Waals surface area contributed by atoms with Gasteiger partial charge in [-0.2, -0.15) is 0 Å². The molecule has 1 heterocycles. The maximum atomic E-state index is 11.8. The molecule has 1 aromatic rings. The third kappa shape index (κ3) is 1.61. The fourth-order valence-electron chi connectivity index (χ4n) is 3.54. The summed E-state index contributed by atoms with van der Waals surface area (Å²) in [5.74, 6) is -0.642. The number of aliphatic carboxylic acids is 1. The minimum atomic E-state index is -0.642.